The van der Waals surface area contributed by atoms with Crippen molar-refractivity contribution in [2.45, 2.75) is 13.8 Å². The molecule has 1 aromatic heterocycles. The second-order valence-corrected chi connectivity index (χ2v) is 4.16. The molecular formula is C15H19N3O2. The van der Waals surface area contributed by atoms with E-state index in [1.165, 1.54) is 0 Å². The van der Waals surface area contributed by atoms with Crippen molar-refractivity contribution >= 4 is 5.82 Å². The molecule has 2 aromatic rings. The summed E-state index contributed by atoms with van der Waals surface area (Å²) in [5.41, 5.74) is 0. The van der Waals surface area contributed by atoms with E-state index in [0.29, 0.717) is 31.5 Å². The Morgan fingerprint density at radius 1 is 1.10 bits per heavy atom. The Balaban J connectivity index is 1.81. The molecule has 5 nitrogen and oxygen atoms in total. The Morgan fingerprint density at radius 2 is 1.90 bits per heavy atom. The highest BCUT2D eigenvalue weighted by Crippen LogP contribution is 2.13. The molecule has 0 unspecified atom stereocenters. The van der Waals surface area contributed by atoms with Gasteiger partial charge >= 0.3 is 0 Å². The third kappa shape index (κ3) is 4.42. The van der Waals surface area contributed by atoms with E-state index < -0.39 is 0 Å². The summed E-state index contributed by atoms with van der Waals surface area (Å²) in [5.74, 6) is 2.88. The second-order valence-electron chi connectivity index (χ2n) is 4.16. The van der Waals surface area contributed by atoms with Gasteiger partial charge in [-0.2, -0.15) is 4.98 Å². The van der Waals surface area contributed by atoms with E-state index in [1.54, 1.807) is 6.07 Å². The van der Waals surface area contributed by atoms with E-state index in [9.17, 15) is 0 Å². The van der Waals surface area contributed by atoms with Crippen LogP contribution >= 0.6 is 0 Å². The van der Waals surface area contributed by atoms with Crippen molar-refractivity contribution in [2.75, 3.05) is 25.1 Å². The Morgan fingerprint density at radius 3 is 2.65 bits per heavy atom. The Hall–Kier alpha value is -2.30. The summed E-state index contributed by atoms with van der Waals surface area (Å²) in [6.45, 7) is 5.59. The minimum absolute atomic E-state index is 0.567. The average Bonchev–Trinajstić information content (AvgIpc) is 2.45. The molecule has 0 bridgehead atoms. The molecule has 0 aliphatic heterocycles. The van der Waals surface area contributed by atoms with Crippen molar-refractivity contribution < 1.29 is 9.47 Å². The van der Waals surface area contributed by atoms with E-state index in [4.69, 9.17) is 9.47 Å². The lowest BCUT2D eigenvalue weighted by Gasteiger charge is -2.09. The average molecular weight is 273 g/mol. The van der Waals surface area contributed by atoms with Gasteiger partial charge < -0.3 is 14.8 Å². The van der Waals surface area contributed by atoms with Crippen LogP contribution in [0.5, 0.6) is 11.6 Å². The number of hydrogen-bond acceptors (Lipinski definition) is 5. The summed E-state index contributed by atoms with van der Waals surface area (Å²) in [6, 6.07) is 11.5. The molecule has 0 saturated carbocycles. The minimum atomic E-state index is 0.567. The summed E-state index contributed by atoms with van der Waals surface area (Å²) < 4.78 is 11.0. The number of anilines is 1. The van der Waals surface area contributed by atoms with Gasteiger partial charge in [-0.1, -0.05) is 18.2 Å². The van der Waals surface area contributed by atoms with Gasteiger partial charge in [0.2, 0.25) is 5.88 Å². The third-order valence-electron chi connectivity index (χ3n) is 2.53. The summed E-state index contributed by atoms with van der Waals surface area (Å²) in [4.78, 5) is 8.50. The van der Waals surface area contributed by atoms with Crippen LogP contribution in [0.15, 0.2) is 36.4 Å². The smallest absolute Gasteiger partial charge is 0.218 e. The van der Waals surface area contributed by atoms with Crippen molar-refractivity contribution in [2.24, 2.45) is 0 Å². The van der Waals surface area contributed by atoms with Crippen molar-refractivity contribution in [3.8, 4) is 11.6 Å². The molecule has 0 aliphatic carbocycles. The number of para-hydroxylation sites is 1. The molecule has 0 fully saturated rings. The fraction of sp³-hybridized carbons (Fsp3) is 0.333. The zero-order chi connectivity index (χ0) is 14.2. The second kappa shape index (κ2) is 7.33. The van der Waals surface area contributed by atoms with E-state index in [-0.39, 0.29) is 0 Å². The van der Waals surface area contributed by atoms with Gasteiger partial charge in [0.15, 0.2) is 0 Å². The number of rotatable bonds is 7. The Labute approximate surface area is 119 Å². The lowest BCUT2D eigenvalue weighted by atomic mass is 10.3. The lowest BCUT2D eigenvalue weighted by molar-refractivity contribution is 0.325. The number of aryl methyl sites for hydroxylation is 1. The maximum Gasteiger partial charge on any atom is 0.218 e. The highest BCUT2D eigenvalue weighted by Gasteiger charge is 2.02. The molecule has 0 spiro atoms. The van der Waals surface area contributed by atoms with E-state index in [1.807, 2.05) is 44.2 Å². The van der Waals surface area contributed by atoms with E-state index in [0.717, 1.165) is 11.6 Å². The normalized spacial score (nSPS) is 10.1. The van der Waals surface area contributed by atoms with Crippen LogP contribution in [0.3, 0.4) is 0 Å². The first-order chi connectivity index (χ1) is 9.78. The number of hydrogen-bond donors (Lipinski definition) is 1. The van der Waals surface area contributed by atoms with E-state index >= 15 is 0 Å². The molecule has 0 saturated heterocycles. The summed E-state index contributed by atoms with van der Waals surface area (Å²) in [5, 5.41) is 3.20. The number of nitrogens with zero attached hydrogens (tertiary/aromatic N) is 2. The first-order valence-electron chi connectivity index (χ1n) is 6.68. The van der Waals surface area contributed by atoms with Gasteiger partial charge in [0.05, 0.1) is 13.2 Å². The molecule has 20 heavy (non-hydrogen) atoms. The minimum Gasteiger partial charge on any atom is -0.492 e. The number of aromatic nitrogens is 2. The number of benzene rings is 1. The molecule has 1 aromatic carbocycles. The zero-order valence-electron chi connectivity index (χ0n) is 11.8. The number of nitrogens with one attached hydrogen (secondary N) is 1. The topological polar surface area (TPSA) is 56.3 Å². The first kappa shape index (κ1) is 14.1. The third-order valence-corrected chi connectivity index (χ3v) is 2.53. The van der Waals surface area contributed by atoms with E-state index in [2.05, 4.69) is 15.3 Å². The molecule has 5 heteroatoms. The van der Waals surface area contributed by atoms with Crippen LogP contribution in [0.25, 0.3) is 0 Å². The van der Waals surface area contributed by atoms with Crippen molar-refractivity contribution in [1.29, 1.82) is 0 Å². The van der Waals surface area contributed by atoms with Gasteiger partial charge in [0.25, 0.3) is 0 Å². The SMILES string of the molecule is CCOc1cc(NCCOc2ccccc2)nc(C)n1. The van der Waals surface area contributed by atoms with Crippen molar-refractivity contribution in [1.82, 2.24) is 9.97 Å². The summed E-state index contributed by atoms with van der Waals surface area (Å²) in [7, 11) is 0. The van der Waals surface area contributed by atoms with Crippen LogP contribution in [0.4, 0.5) is 5.82 Å². The standard InChI is InChI=1S/C15H19N3O2/c1-3-19-15-11-14(17-12(2)18-15)16-9-10-20-13-7-5-4-6-8-13/h4-8,11H,3,9-10H2,1-2H3,(H,16,17,18). The fourth-order valence-corrected chi connectivity index (χ4v) is 1.72. The zero-order valence-corrected chi connectivity index (χ0v) is 11.8. The van der Waals surface area contributed by atoms with Crippen LogP contribution in [0.1, 0.15) is 12.7 Å². The highest BCUT2D eigenvalue weighted by molar-refractivity contribution is 5.38. The van der Waals surface area contributed by atoms with Gasteiger partial charge in [-0.25, -0.2) is 4.98 Å². The molecule has 0 radical (unpaired) electrons. The van der Waals surface area contributed by atoms with Crippen LogP contribution in [0.2, 0.25) is 0 Å². The maximum absolute atomic E-state index is 5.60. The van der Waals surface area contributed by atoms with Gasteiger partial charge in [-0.15, -0.1) is 0 Å². The Kier molecular flexibility index (Phi) is 5.17. The number of ether oxygens (including phenoxy) is 2. The molecule has 2 rings (SSSR count). The van der Waals surface area contributed by atoms with Crippen LogP contribution < -0.4 is 14.8 Å². The van der Waals surface area contributed by atoms with Crippen LogP contribution in [0, 0.1) is 6.92 Å². The highest BCUT2D eigenvalue weighted by atomic mass is 16.5. The predicted molar refractivity (Wildman–Crippen MR) is 78.4 cm³/mol. The predicted octanol–water partition coefficient (Wildman–Crippen LogP) is 2.67. The van der Waals surface area contributed by atoms with Gasteiger partial charge in [-0.05, 0) is 26.0 Å². The Bertz CT molecular complexity index is 532. The van der Waals surface area contributed by atoms with Crippen LogP contribution in [-0.2, 0) is 0 Å². The first-order valence-corrected chi connectivity index (χ1v) is 6.68. The largest absolute Gasteiger partial charge is 0.492 e. The summed E-state index contributed by atoms with van der Waals surface area (Å²) >= 11 is 0. The quantitative estimate of drug-likeness (QED) is 0.786. The van der Waals surface area contributed by atoms with Gasteiger partial charge in [0, 0.05) is 6.07 Å². The molecular weight excluding hydrogens is 254 g/mol. The lowest BCUT2D eigenvalue weighted by Crippen LogP contribution is -2.13. The van der Waals surface area contributed by atoms with Gasteiger partial charge in [0.1, 0.15) is 24.0 Å². The molecule has 0 atom stereocenters. The molecule has 1 N–H and O–H groups in total. The molecule has 1 heterocycles. The maximum atomic E-state index is 5.60. The van der Waals surface area contributed by atoms with Crippen molar-refractivity contribution in [3.63, 3.8) is 0 Å². The van der Waals surface area contributed by atoms with Crippen molar-refractivity contribution in [3.05, 3.63) is 42.2 Å². The molecule has 0 amide bonds. The molecule has 0 aliphatic rings. The summed E-state index contributed by atoms with van der Waals surface area (Å²) in [6.07, 6.45) is 0. The monoisotopic (exact) mass is 273 g/mol. The molecule has 106 valence electrons. The van der Waals surface area contributed by atoms with Gasteiger partial charge in [-0.3, -0.25) is 0 Å². The van der Waals surface area contributed by atoms with Crippen LogP contribution in [-0.4, -0.2) is 29.7 Å². The fourth-order valence-electron chi connectivity index (χ4n) is 1.72.